The van der Waals surface area contributed by atoms with Gasteiger partial charge in [-0.2, -0.15) is 0 Å². The number of nitrogens with two attached hydrogens (primary N) is 1. The average molecular weight is 519 g/mol. The lowest BCUT2D eigenvalue weighted by atomic mass is 10.1. The fourth-order valence-corrected chi connectivity index (χ4v) is 4.12. The summed E-state index contributed by atoms with van der Waals surface area (Å²) in [6.07, 6.45) is 0. The van der Waals surface area contributed by atoms with Gasteiger partial charge in [0.05, 0.1) is 22.9 Å². The van der Waals surface area contributed by atoms with Gasteiger partial charge in [-0.05, 0) is 42.5 Å². The number of halogens is 2. The van der Waals surface area contributed by atoms with E-state index in [1.54, 1.807) is 35.2 Å². The molecule has 11 nitrogen and oxygen atoms in total. The number of benzene rings is 1. The van der Waals surface area contributed by atoms with Crippen molar-refractivity contribution in [2.75, 3.05) is 59.2 Å². The molecular weight excluding hydrogens is 495 g/mol. The Kier molecular flexibility index (Phi) is 7.73. The molecule has 1 amide bonds. The molecule has 3 aromatic rings. The number of anilines is 5. The van der Waals surface area contributed by atoms with Gasteiger partial charge >= 0.3 is 0 Å². The van der Waals surface area contributed by atoms with Crippen LogP contribution < -0.4 is 31.8 Å². The minimum atomic E-state index is -0.0818. The highest BCUT2D eigenvalue weighted by Gasteiger charge is 2.24. The van der Waals surface area contributed by atoms with Crippen molar-refractivity contribution in [2.45, 2.75) is 0 Å². The summed E-state index contributed by atoms with van der Waals surface area (Å²) in [6.45, 7) is 2.42. The Hall–Kier alpha value is -3.35. The smallest absolute Gasteiger partial charge is 0.241 e. The molecular formula is C22H24Cl2N8O3. The van der Waals surface area contributed by atoms with Crippen LogP contribution in [0.15, 0.2) is 42.5 Å². The third kappa shape index (κ3) is 5.84. The highest BCUT2D eigenvalue weighted by molar-refractivity contribution is 6.36. The van der Waals surface area contributed by atoms with Gasteiger partial charge in [0.1, 0.15) is 17.3 Å². The number of hydrogen-bond acceptors (Lipinski definition) is 10. The first-order valence-corrected chi connectivity index (χ1v) is 11.5. The zero-order valence-electron chi connectivity index (χ0n) is 18.5. The van der Waals surface area contributed by atoms with E-state index in [0.717, 1.165) is 0 Å². The summed E-state index contributed by atoms with van der Waals surface area (Å²) in [5, 5.41) is 28.4. The number of carbonyl (C=O) groups is 1. The molecule has 1 aromatic carbocycles. The third-order valence-corrected chi connectivity index (χ3v) is 5.84. The monoisotopic (exact) mass is 518 g/mol. The SMILES string of the molecule is Nc1nc(NCCNc2ccc(N3CCNCC3=O)c(-c3ccc(Cl)cc3Cl)n2)ccc1N(O)O. The average Bonchev–Trinajstić information content (AvgIpc) is 2.82. The maximum atomic E-state index is 12.5. The fourth-order valence-electron chi connectivity index (χ4n) is 3.63. The van der Waals surface area contributed by atoms with Crippen molar-refractivity contribution in [1.29, 1.82) is 0 Å². The van der Waals surface area contributed by atoms with Crippen molar-refractivity contribution in [3.63, 3.8) is 0 Å². The van der Waals surface area contributed by atoms with E-state index in [0.29, 0.717) is 64.8 Å². The molecule has 0 aliphatic carbocycles. The second-order valence-electron chi connectivity index (χ2n) is 7.65. The van der Waals surface area contributed by atoms with Crippen LogP contribution in [0, 0.1) is 0 Å². The Labute approximate surface area is 211 Å². The maximum absolute atomic E-state index is 12.5. The molecule has 0 bridgehead atoms. The Morgan fingerprint density at radius 1 is 1.06 bits per heavy atom. The topological polar surface area (TPSA) is 152 Å². The number of piperazine rings is 1. The summed E-state index contributed by atoms with van der Waals surface area (Å²) in [5.41, 5.74) is 7.60. The summed E-state index contributed by atoms with van der Waals surface area (Å²) >= 11 is 12.6. The lowest BCUT2D eigenvalue weighted by Gasteiger charge is -2.29. The second-order valence-corrected chi connectivity index (χ2v) is 8.50. The first kappa shape index (κ1) is 24.8. The zero-order chi connectivity index (χ0) is 24.9. The van der Waals surface area contributed by atoms with Gasteiger partial charge < -0.3 is 26.6 Å². The Balaban J connectivity index is 1.50. The Morgan fingerprint density at radius 2 is 1.77 bits per heavy atom. The molecule has 1 aliphatic rings. The Bertz CT molecular complexity index is 1230. The van der Waals surface area contributed by atoms with Crippen LogP contribution in [0.5, 0.6) is 0 Å². The fraction of sp³-hybridized carbons (Fsp3) is 0.227. The highest BCUT2D eigenvalue weighted by atomic mass is 35.5. The number of carbonyl (C=O) groups excluding carboxylic acids is 1. The standard InChI is InChI=1S/C22H24Cl2N8O3/c23-13-1-2-14(15(24)11-13)21-16(31-10-9-26-12-20(31)33)3-5-18(29-21)27-7-8-28-19-6-4-17(32(34)35)22(25)30-19/h1-6,11,26,34-35H,7-10,12H2,(H,27,29)(H3,25,28,30). The number of amides is 1. The van der Waals surface area contributed by atoms with E-state index >= 15 is 0 Å². The number of rotatable bonds is 8. The summed E-state index contributed by atoms with van der Waals surface area (Å²) in [6, 6.07) is 11.8. The molecule has 3 heterocycles. The van der Waals surface area contributed by atoms with Gasteiger partial charge in [0.15, 0.2) is 5.82 Å². The number of aromatic nitrogens is 2. The zero-order valence-corrected chi connectivity index (χ0v) is 20.0. The predicted octanol–water partition coefficient (Wildman–Crippen LogP) is 3.08. The van der Waals surface area contributed by atoms with Crippen molar-refractivity contribution in [3.8, 4) is 11.3 Å². The quantitative estimate of drug-likeness (QED) is 0.193. The molecule has 35 heavy (non-hydrogen) atoms. The molecule has 13 heteroatoms. The summed E-state index contributed by atoms with van der Waals surface area (Å²) < 4.78 is 0. The van der Waals surface area contributed by atoms with E-state index in [1.165, 1.54) is 6.07 Å². The number of pyridine rings is 2. The van der Waals surface area contributed by atoms with E-state index in [1.807, 2.05) is 6.07 Å². The number of nitrogens with zero attached hydrogens (tertiary/aromatic N) is 4. The largest absolute Gasteiger partial charge is 0.382 e. The molecule has 0 unspecified atom stereocenters. The van der Waals surface area contributed by atoms with Crippen molar-refractivity contribution in [1.82, 2.24) is 15.3 Å². The minimum Gasteiger partial charge on any atom is -0.382 e. The van der Waals surface area contributed by atoms with Crippen LogP contribution in [0.2, 0.25) is 10.0 Å². The van der Waals surface area contributed by atoms with Crippen LogP contribution in [-0.4, -0.2) is 59.0 Å². The van der Waals surface area contributed by atoms with Gasteiger partial charge in [0.25, 0.3) is 0 Å². The number of nitrogen functional groups attached to an aromatic ring is 1. The summed E-state index contributed by atoms with van der Waals surface area (Å²) in [5.74, 6) is 0.997. The second kappa shape index (κ2) is 10.9. The van der Waals surface area contributed by atoms with Crippen LogP contribution >= 0.6 is 23.2 Å². The van der Waals surface area contributed by atoms with E-state index in [4.69, 9.17) is 44.3 Å². The molecule has 1 fully saturated rings. The summed E-state index contributed by atoms with van der Waals surface area (Å²) in [4.78, 5) is 23.1. The van der Waals surface area contributed by atoms with E-state index in [9.17, 15) is 4.79 Å². The van der Waals surface area contributed by atoms with Gasteiger partial charge in [-0.3, -0.25) is 15.2 Å². The van der Waals surface area contributed by atoms with Crippen molar-refractivity contribution >= 4 is 57.9 Å². The Morgan fingerprint density at radius 3 is 2.43 bits per heavy atom. The van der Waals surface area contributed by atoms with Crippen LogP contribution in [0.1, 0.15) is 0 Å². The third-order valence-electron chi connectivity index (χ3n) is 5.30. The van der Waals surface area contributed by atoms with Crippen molar-refractivity contribution < 1.29 is 15.2 Å². The van der Waals surface area contributed by atoms with Gasteiger partial charge in [0, 0.05) is 36.8 Å². The molecule has 2 aromatic heterocycles. The van der Waals surface area contributed by atoms with Gasteiger partial charge in [-0.1, -0.05) is 23.2 Å². The molecule has 4 rings (SSSR count). The molecule has 0 atom stereocenters. The number of hydrogen-bond donors (Lipinski definition) is 6. The van der Waals surface area contributed by atoms with Crippen LogP contribution in [-0.2, 0) is 4.79 Å². The lowest BCUT2D eigenvalue weighted by molar-refractivity contribution is -0.118. The molecule has 184 valence electrons. The first-order chi connectivity index (χ1) is 16.8. The first-order valence-electron chi connectivity index (χ1n) is 10.7. The van der Waals surface area contributed by atoms with Crippen molar-refractivity contribution in [2.24, 2.45) is 0 Å². The van der Waals surface area contributed by atoms with E-state index in [2.05, 4.69) is 20.9 Å². The normalized spacial score (nSPS) is 13.6. The van der Waals surface area contributed by atoms with Crippen LogP contribution in [0.4, 0.5) is 28.8 Å². The lowest BCUT2D eigenvalue weighted by Crippen LogP contribution is -2.48. The van der Waals surface area contributed by atoms with E-state index < -0.39 is 0 Å². The molecule has 0 radical (unpaired) electrons. The maximum Gasteiger partial charge on any atom is 0.241 e. The number of nitrogens with one attached hydrogen (secondary N) is 3. The minimum absolute atomic E-state index is 0.0191. The van der Waals surface area contributed by atoms with Crippen LogP contribution in [0.25, 0.3) is 11.3 Å². The van der Waals surface area contributed by atoms with Crippen molar-refractivity contribution in [3.05, 3.63) is 52.5 Å². The molecule has 0 saturated carbocycles. The molecule has 1 aliphatic heterocycles. The van der Waals surface area contributed by atoms with Gasteiger partial charge in [0.2, 0.25) is 5.91 Å². The van der Waals surface area contributed by atoms with Gasteiger partial charge in [-0.15, -0.1) is 5.23 Å². The molecule has 1 saturated heterocycles. The van der Waals surface area contributed by atoms with E-state index in [-0.39, 0.29) is 29.2 Å². The van der Waals surface area contributed by atoms with Crippen LogP contribution in [0.3, 0.4) is 0 Å². The molecule has 0 spiro atoms. The van der Waals surface area contributed by atoms with Gasteiger partial charge in [-0.25, -0.2) is 9.97 Å². The summed E-state index contributed by atoms with van der Waals surface area (Å²) in [7, 11) is 0. The highest BCUT2D eigenvalue weighted by Crippen LogP contribution is 2.36. The predicted molar refractivity (Wildman–Crippen MR) is 137 cm³/mol. The molecule has 7 N–H and O–H groups in total.